The van der Waals surface area contributed by atoms with E-state index in [1.165, 1.54) is 6.08 Å². The number of hydrogen-bond donors (Lipinski definition) is 2. The van der Waals surface area contributed by atoms with Crippen LogP contribution in [0.3, 0.4) is 0 Å². The van der Waals surface area contributed by atoms with Gasteiger partial charge in [-0.05, 0) is 18.1 Å². The van der Waals surface area contributed by atoms with Gasteiger partial charge in [-0.15, -0.1) is 0 Å². The highest BCUT2D eigenvalue weighted by Gasteiger charge is 2.26. The molecular weight excluding hydrogens is 152 g/mol. The third-order valence-corrected chi connectivity index (χ3v) is 2.10. The van der Waals surface area contributed by atoms with Crippen LogP contribution in [0.25, 0.3) is 0 Å². The second-order valence-electron chi connectivity index (χ2n) is 2.99. The van der Waals surface area contributed by atoms with E-state index in [1.54, 1.807) is 18.2 Å². The van der Waals surface area contributed by atoms with Gasteiger partial charge in [0.25, 0.3) is 0 Å². The lowest BCUT2D eigenvalue weighted by molar-refractivity contribution is -0.127. The van der Waals surface area contributed by atoms with Crippen LogP contribution in [0, 0.1) is 0 Å². The minimum absolute atomic E-state index is 0.590. The Kier molecular flexibility index (Phi) is 1.53. The number of aliphatic hydroxyl groups is 2. The fourth-order valence-corrected chi connectivity index (χ4v) is 1.50. The van der Waals surface area contributed by atoms with Gasteiger partial charge in [0.05, 0.1) is 0 Å². The summed E-state index contributed by atoms with van der Waals surface area (Å²) in [6.45, 7) is 0. The molecule has 2 N–H and O–H groups in total. The average molecular weight is 162 g/mol. The van der Waals surface area contributed by atoms with Crippen molar-refractivity contribution in [2.24, 2.45) is 0 Å². The molecule has 0 spiro atoms. The van der Waals surface area contributed by atoms with Gasteiger partial charge in [-0.1, -0.05) is 30.3 Å². The molecule has 0 fully saturated rings. The van der Waals surface area contributed by atoms with Crippen LogP contribution in [-0.4, -0.2) is 10.2 Å². The van der Waals surface area contributed by atoms with Crippen LogP contribution in [0.5, 0.6) is 0 Å². The molecule has 0 saturated carbocycles. The number of hydrogen-bond acceptors (Lipinski definition) is 2. The van der Waals surface area contributed by atoms with E-state index in [0.717, 1.165) is 12.0 Å². The molecule has 0 aliphatic heterocycles. The van der Waals surface area contributed by atoms with E-state index in [2.05, 4.69) is 0 Å². The standard InChI is InChI=1S/C10H10O2/c11-10(12)7-3-5-8-4-1-2-6-9(8)10/h1-4,6-7,11-12H,5H2. The van der Waals surface area contributed by atoms with Crippen LogP contribution < -0.4 is 0 Å². The van der Waals surface area contributed by atoms with Crippen molar-refractivity contribution in [3.8, 4) is 0 Å². The van der Waals surface area contributed by atoms with E-state index in [-0.39, 0.29) is 0 Å². The summed E-state index contributed by atoms with van der Waals surface area (Å²) in [7, 11) is 0. The maximum atomic E-state index is 9.50. The van der Waals surface area contributed by atoms with Crippen LogP contribution in [0.2, 0.25) is 0 Å². The highest BCUT2D eigenvalue weighted by atomic mass is 16.5. The summed E-state index contributed by atoms with van der Waals surface area (Å²) in [6, 6.07) is 7.34. The molecule has 1 aliphatic carbocycles. The lowest BCUT2D eigenvalue weighted by atomic mass is 9.92. The van der Waals surface area contributed by atoms with Crippen molar-refractivity contribution < 1.29 is 10.2 Å². The zero-order valence-corrected chi connectivity index (χ0v) is 6.57. The fourth-order valence-electron chi connectivity index (χ4n) is 1.50. The Hall–Kier alpha value is -1.12. The number of benzene rings is 1. The quantitative estimate of drug-likeness (QED) is 0.440. The first-order valence-corrected chi connectivity index (χ1v) is 3.91. The van der Waals surface area contributed by atoms with Gasteiger partial charge in [-0.3, -0.25) is 0 Å². The Morgan fingerprint density at radius 2 is 1.92 bits per heavy atom. The summed E-state index contributed by atoms with van der Waals surface area (Å²) in [4.78, 5) is 0. The summed E-state index contributed by atoms with van der Waals surface area (Å²) in [5.74, 6) is -1.77. The van der Waals surface area contributed by atoms with E-state index in [9.17, 15) is 10.2 Å². The van der Waals surface area contributed by atoms with Crippen molar-refractivity contribution in [3.05, 3.63) is 47.5 Å². The zero-order chi connectivity index (χ0) is 8.60. The fraction of sp³-hybridized carbons (Fsp3) is 0.200. The third-order valence-electron chi connectivity index (χ3n) is 2.10. The van der Waals surface area contributed by atoms with Crippen LogP contribution in [-0.2, 0) is 12.2 Å². The van der Waals surface area contributed by atoms with E-state index in [0.29, 0.717) is 5.56 Å². The van der Waals surface area contributed by atoms with E-state index < -0.39 is 5.79 Å². The maximum absolute atomic E-state index is 9.50. The average Bonchev–Trinajstić information content (AvgIpc) is 2.04. The normalized spacial score (nSPS) is 18.8. The Bertz CT molecular complexity index is 326. The largest absolute Gasteiger partial charge is 0.359 e. The van der Waals surface area contributed by atoms with Crippen molar-refractivity contribution in [2.75, 3.05) is 0 Å². The molecule has 1 aromatic carbocycles. The first-order valence-electron chi connectivity index (χ1n) is 3.91. The molecule has 0 amide bonds. The van der Waals surface area contributed by atoms with Crippen LogP contribution in [0.4, 0.5) is 0 Å². The van der Waals surface area contributed by atoms with Gasteiger partial charge in [-0.25, -0.2) is 0 Å². The molecule has 0 unspecified atom stereocenters. The Labute approximate surface area is 70.8 Å². The monoisotopic (exact) mass is 162 g/mol. The number of allylic oxidation sites excluding steroid dienone is 1. The van der Waals surface area contributed by atoms with Gasteiger partial charge in [0.2, 0.25) is 5.79 Å². The van der Waals surface area contributed by atoms with Crippen molar-refractivity contribution in [2.45, 2.75) is 12.2 Å². The van der Waals surface area contributed by atoms with Crippen molar-refractivity contribution in [1.82, 2.24) is 0 Å². The molecule has 62 valence electrons. The highest BCUT2D eigenvalue weighted by molar-refractivity contribution is 5.37. The molecule has 0 radical (unpaired) electrons. The predicted octanol–water partition coefficient (Wildman–Crippen LogP) is 0.936. The highest BCUT2D eigenvalue weighted by Crippen LogP contribution is 2.27. The summed E-state index contributed by atoms with van der Waals surface area (Å²) in [5.41, 5.74) is 1.57. The first kappa shape index (κ1) is 7.53. The molecule has 2 nitrogen and oxygen atoms in total. The second-order valence-corrected chi connectivity index (χ2v) is 2.99. The third kappa shape index (κ3) is 1.05. The van der Waals surface area contributed by atoms with Gasteiger partial charge in [0.15, 0.2) is 0 Å². The van der Waals surface area contributed by atoms with Crippen molar-refractivity contribution >= 4 is 0 Å². The summed E-state index contributed by atoms with van der Waals surface area (Å²) in [6.07, 6.45) is 3.96. The van der Waals surface area contributed by atoms with Crippen molar-refractivity contribution in [3.63, 3.8) is 0 Å². The Morgan fingerprint density at radius 1 is 1.17 bits per heavy atom. The summed E-state index contributed by atoms with van der Waals surface area (Å²) in [5, 5.41) is 19.0. The minimum Gasteiger partial charge on any atom is -0.359 e. The lowest BCUT2D eigenvalue weighted by Gasteiger charge is -2.24. The van der Waals surface area contributed by atoms with Crippen LogP contribution >= 0.6 is 0 Å². The SMILES string of the molecule is OC1(O)C=CCc2ccccc21. The zero-order valence-electron chi connectivity index (χ0n) is 6.57. The number of fused-ring (bicyclic) bond motifs is 1. The molecular formula is C10H10O2. The molecule has 12 heavy (non-hydrogen) atoms. The van der Waals surface area contributed by atoms with E-state index in [1.807, 2.05) is 12.1 Å². The minimum atomic E-state index is -1.77. The van der Waals surface area contributed by atoms with Gasteiger partial charge in [0.1, 0.15) is 0 Å². The molecule has 1 aromatic rings. The first-order chi connectivity index (χ1) is 5.70. The van der Waals surface area contributed by atoms with E-state index in [4.69, 9.17) is 0 Å². The van der Waals surface area contributed by atoms with Crippen LogP contribution in [0.1, 0.15) is 11.1 Å². The Balaban J connectivity index is 2.58. The maximum Gasteiger partial charge on any atom is 0.210 e. The smallest absolute Gasteiger partial charge is 0.210 e. The van der Waals surface area contributed by atoms with Gasteiger partial charge in [-0.2, -0.15) is 0 Å². The molecule has 0 aromatic heterocycles. The van der Waals surface area contributed by atoms with Gasteiger partial charge >= 0.3 is 0 Å². The molecule has 1 aliphatic rings. The molecule has 0 atom stereocenters. The summed E-state index contributed by atoms with van der Waals surface area (Å²) < 4.78 is 0. The molecule has 0 bridgehead atoms. The van der Waals surface area contributed by atoms with Crippen LogP contribution in [0.15, 0.2) is 36.4 Å². The molecule has 0 saturated heterocycles. The lowest BCUT2D eigenvalue weighted by Crippen LogP contribution is -2.25. The predicted molar refractivity (Wildman–Crippen MR) is 45.4 cm³/mol. The van der Waals surface area contributed by atoms with Gasteiger partial charge in [0, 0.05) is 5.56 Å². The molecule has 2 heteroatoms. The molecule has 0 heterocycles. The topological polar surface area (TPSA) is 40.5 Å². The second kappa shape index (κ2) is 2.44. The van der Waals surface area contributed by atoms with Gasteiger partial charge < -0.3 is 10.2 Å². The van der Waals surface area contributed by atoms with E-state index >= 15 is 0 Å². The number of rotatable bonds is 0. The molecule has 2 rings (SSSR count). The van der Waals surface area contributed by atoms with Crippen molar-refractivity contribution in [1.29, 1.82) is 0 Å². The Morgan fingerprint density at radius 3 is 2.67 bits per heavy atom. The summed E-state index contributed by atoms with van der Waals surface area (Å²) >= 11 is 0.